The van der Waals surface area contributed by atoms with Crippen LogP contribution in [0.5, 0.6) is 5.75 Å². The van der Waals surface area contributed by atoms with Crippen LogP contribution in [0.15, 0.2) is 23.2 Å². The summed E-state index contributed by atoms with van der Waals surface area (Å²) in [5.41, 5.74) is 7.69. The molecule has 2 rings (SSSR count). The molecule has 0 saturated carbocycles. The van der Waals surface area contributed by atoms with Crippen LogP contribution in [-0.4, -0.2) is 25.3 Å². The Bertz CT molecular complexity index is 395. The van der Waals surface area contributed by atoms with Crippen molar-refractivity contribution in [2.75, 3.05) is 13.2 Å². The maximum atomic E-state index is 5.75. The number of ether oxygens (including phenoxy) is 2. The lowest BCUT2D eigenvalue weighted by Gasteiger charge is -2.15. The summed E-state index contributed by atoms with van der Waals surface area (Å²) in [5.74, 6) is 0.927. The van der Waals surface area contributed by atoms with E-state index in [0.717, 1.165) is 16.9 Å². The standard InChI is InChI=1S/C12H16N2O2/c1-8-4-3-5-9(2)11(8)15-7-10-6-14-12(13)16-10/h3-5,10H,6-7H2,1-2H3,(H2,13,14). The van der Waals surface area contributed by atoms with E-state index in [1.165, 1.54) is 0 Å². The van der Waals surface area contributed by atoms with Gasteiger partial charge in [0, 0.05) is 0 Å². The van der Waals surface area contributed by atoms with Gasteiger partial charge in [0.25, 0.3) is 6.02 Å². The Balaban J connectivity index is 1.95. The summed E-state index contributed by atoms with van der Waals surface area (Å²) in [6.45, 7) is 5.12. The molecule has 1 unspecified atom stereocenters. The maximum absolute atomic E-state index is 5.75. The summed E-state index contributed by atoms with van der Waals surface area (Å²) in [5, 5.41) is 0. The molecule has 0 fully saturated rings. The molecule has 1 aromatic rings. The van der Waals surface area contributed by atoms with Crippen LogP contribution in [0.1, 0.15) is 11.1 Å². The van der Waals surface area contributed by atoms with Crippen LogP contribution in [0, 0.1) is 13.8 Å². The molecule has 1 aromatic carbocycles. The van der Waals surface area contributed by atoms with Gasteiger partial charge >= 0.3 is 0 Å². The zero-order chi connectivity index (χ0) is 11.5. The fourth-order valence-corrected chi connectivity index (χ4v) is 1.73. The highest BCUT2D eigenvalue weighted by Crippen LogP contribution is 2.22. The first-order valence-electron chi connectivity index (χ1n) is 5.32. The molecule has 2 N–H and O–H groups in total. The summed E-state index contributed by atoms with van der Waals surface area (Å²) >= 11 is 0. The van der Waals surface area contributed by atoms with Crippen LogP contribution >= 0.6 is 0 Å². The van der Waals surface area contributed by atoms with Crippen LogP contribution in [0.4, 0.5) is 0 Å². The van der Waals surface area contributed by atoms with E-state index in [4.69, 9.17) is 15.2 Å². The van der Waals surface area contributed by atoms with E-state index in [-0.39, 0.29) is 12.1 Å². The van der Waals surface area contributed by atoms with Gasteiger partial charge in [-0.05, 0) is 25.0 Å². The van der Waals surface area contributed by atoms with Gasteiger partial charge in [0.05, 0.1) is 6.54 Å². The molecule has 0 bridgehead atoms. The zero-order valence-electron chi connectivity index (χ0n) is 9.56. The van der Waals surface area contributed by atoms with E-state index in [9.17, 15) is 0 Å². The van der Waals surface area contributed by atoms with Crippen molar-refractivity contribution in [3.8, 4) is 5.75 Å². The van der Waals surface area contributed by atoms with Crippen molar-refractivity contribution in [3.63, 3.8) is 0 Å². The Hall–Kier alpha value is -1.71. The van der Waals surface area contributed by atoms with E-state index in [2.05, 4.69) is 4.99 Å². The molecular weight excluding hydrogens is 204 g/mol. The lowest BCUT2D eigenvalue weighted by Crippen LogP contribution is -2.24. The molecule has 86 valence electrons. The molecule has 0 aliphatic carbocycles. The largest absolute Gasteiger partial charge is 0.489 e. The number of rotatable bonds is 3. The van der Waals surface area contributed by atoms with Crippen molar-refractivity contribution in [2.24, 2.45) is 10.7 Å². The summed E-state index contributed by atoms with van der Waals surface area (Å²) in [4.78, 5) is 3.97. The topological polar surface area (TPSA) is 56.8 Å². The molecule has 16 heavy (non-hydrogen) atoms. The number of hydrogen-bond donors (Lipinski definition) is 1. The van der Waals surface area contributed by atoms with Crippen molar-refractivity contribution in [2.45, 2.75) is 20.0 Å². The highest BCUT2D eigenvalue weighted by molar-refractivity contribution is 5.73. The van der Waals surface area contributed by atoms with Gasteiger partial charge in [-0.15, -0.1) is 0 Å². The first kappa shape index (κ1) is 10.8. The first-order valence-corrected chi connectivity index (χ1v) is 5.32. The molecule has 0 saturated heterocycles. The Morgan fingerprint density at radius 2 is 2.12 bits per heavy atom. The van der Waals surface area contributed by atoms with Crippen molar-refractivity contribution in [1.29, 1.82) is 0 Å². The monoisotopic (exact) mass is 220 g/mol. The van der Waals surface area contributed by atoms with E-state index in [0.29, 0.717) is 13.2 Å². The fourth-order valence-electron chi connectivity index (χ4n) is 1.73. The number of para-hydroxylation sites is 1. The van der Waals surface area contributed by atoms with Crippen LogP contribution in [0.2, 0.25) is 0 Å². The minimum absolute atomic E-state index is 0.0565. The van der Waals surface area contributed by atoms with Crippen molar-refractivity contribution >= 4 is 6.02 Å². The number of nitrogens with zero attached hydrogens (tertiary/aromatic N) is 1. The first-order chi connectivity index (χ1) is 7.66. The number of amidine groups is 1. The minimum atomic E-state index is -0.0565. The van der Waals surface area contributed by atoms with Crippen molar-refractivity contribution in [3.05, 3.63) is 29.3 Å². The number of nitrogens with two attached hydrogens (primary N) is 1. The Labute approximate surface area is 95.1 Å². The second kappa shape index (κ2) is 4.43. The molecule has 1 aliphatic heterocycles. The SMILES string of the molecule is Cc1cccc(C)c1OCC1CN=C(N)O1. The van der Waals surface area contributed by atoms with Gasteiger partial charge in [-0.3, -0.25) is 0 Å². The summed E-state index contributed by atoms with van der Waals surface area (Å²) < 4.78 is 11.0. The molecule has 4 heteroatoms. The predicted octanol–water partition coefficient (Wildman–Crippen LogP) is 1.40. The van der Waals surface area contributed by atoms with Crippen molar-refractivity contribution < 1.29 is 9.47 Å². The maximum Gasteiger partial charge on any atom is 0.282 e. The summed E-state index contributed by atoms with van der Waals surface area (Å²) in [6, 6.07) is 6.34. The molecule has 0 amide bonds. The van der Waals surface area contributed by atoms with Gasteiger partial charge in [-0.2, -0.15) is 0 Å². The zero-order valence-corrected chi connectivity index (χ0v) is 9.56. The predicted molar refractivity (Wildman–Crippen MR) is 62.8 cm³/mol. The average molecular weight is 220 g/mol. The molecule has 1 aliphatic rings. The quantitative estimate of drug-likeness (QED) is 0.837. The lowest BCUT2D eigenvalue weighted by molar-refractivity contribution is 0.140. The molecule has 0 radical (unpaired) electrons. The fraction of sp³-hybridized carbons (Fsp3) is 0.417. The number of aryl methyl sites for hydroxylation is 2. The Morgan fingerprint density at radius 3 is 2.69 bits per heavy atom. The van der Waals surface area contributed by atoms with Gasteiger partial charge in [0.2, 0.25) is 0 Å². The van der Waals surface area contributed by atoms with E-state index >= 15 is 0 Å². The van der Waals surface area contributed by atoms with Gasteiger partial charge in [-0.25, -0.2) is 4.99 Å². The lowest BCUT2D eigenvalue weighted by atomic mass is 10.1. The molecular formula is C12H16N2O2. The number of hydrogen-bond acceptors (Lipinski definition) is 4. The van der Waals surface area contributed by atoms with Gasteiger partial charge in [0.1, 0.15) is 12.4 Å². The number of benzene rings is 1. The molecule has 0 aromatic heterocycles. The number of aliphatic imine (C=N–C) groups is 1. The third-order valence-corrected chi connectivity index (χ3v) is 2.56. The van der Waals surface area contributed by atoms with Gasteiger partial charge in [0.15, 0.2) is 6.10 Å². The van der Waals surface area contributed by atoms with Crippen molar-refractivity contribution in [1.82, 2.24) is 0 Å². The van der Waals surface area contributed by atoms with Crippen LogP contribution in [0.3, 0.4) is 0 Å². The van der Waals surface area contributed by atoms with Gasteiger partial charge in [-0.1, -0.05) is 18.2 Å². The summed E-state index contributed by atoms with van der Waals surface area (Å²) in [7, 11) is 0. The molecule has 1 heterocycles. The minimum Gasteiger partial charge on any atom is -0.489 e. The average Bonchev–Trinajstić information content (AvgIpc) is 2.63. The van der Waals surface area contributed by atoms with Crippen LogP contribution in [0.25, 0.3) is 0 Å². The molecule has 1 atom stereocenters. The summed E-state index contributed by atoms with van der Waals surface area (Å²) in [6.07, 6.45) is -0.0565. The van der Waals surface area contributed by atoms with Crippen LogP contribution < -0.4 is 10.5 Å². The third kappa shape index (κ3) is 2.27. The highest BCUT2D eigenvalue weighted by atomic mass is 16.5. The second-order valence-corrected chi connectivity index (χ2v) is 3.95. The molecule has 4 nitrogen and oxygen atoms in total. The smallest absolute Gasteiger partial charge is 0.282 e. The second-order valence-electron chi connectivity index (χ2n) is 3.95. The normalized spacial score (nSPS) is 19.1. The van der Waals surface area contributed by atoms with E-state index < -0.39 is 0 Å². The van der Waals surface area contributed by atoms with E-state index in [1.807, 2.05) is 32.0 Å². The van der Waals surface area contributed by atoms with Gasteiger partial charge < -0.3 is 15.2 Å². The third-order valence-electron chi connectivity index (χ3n) is 2.56. The molecule has 0 spiro atoms. The Morgan fingerprint density at radius 1 is 1.44 bits per heavy atom. The van der Waals surface area contributed by atoms with E-state index in [1.54, 1.807) is 0 Å². The highest BCUT2D eigenvalue weighted by Gasteiger charge is 2.18. The Kier molecular flexibility index (Phi) is 2.99. The van der Waals surface area contributed by atoms with Crippen LogP contribution in [-0.2, 0) is 4.74 Å².